The van der Waals surface area contributed by atoms with Gasteiger partial charge in [0.15, 0.2) is 12.2 Å². The molecule has 1 heterocycles. The van der Waals surface area contributed by atoms with Crippen molar-refractivity contribution in [1.82, 2.24) is 5.32 Å². The molecule has 5 atom stereocenters. The van der Waals surface area contributed by atoms with Crippen molar-refractivity contribution >= 4 is 23.8 Å². The molecule has 1 saturated heterocycles. The molecule has 2 rings (SSSR count). The number of esters is 3. The minimum atomic E-state index is -1.19. The van der Waals surface area contributed by atoms with Crippen LogP contribution in [-0.2, 0) is 38.1 Å². The summed E-state index contributed by atoms with van der Waals surface area (Å²) >= 11 is 0. The molecule has 0 bridgehead atoms. The van der Waals surface area contributed by atoms with Crippen LogP contribution in [0, 0.1) is 0 Å². The standard InChI is InChI=1S/C21H27NO10/c1-11(23)22-18-20(30-14(4)26)19(29-13(3)25)17(10-28-12(2)24)32-21(18)31-16-8-6-7-15(9-16)27-5/h6-9,17-21H,10H2,1-5H3,(H,22,23)/t17-,18-,19+,20-,21-/m0/s1. The van der Waals surface area contributed by atoms with Gasteiger partial charge in [0.2, 0.25) is 12.2 Å². The summed E-state index contributed by atoms with van der Waals surface area (Å²) in [5.41, 5.74) is 0. The van der Waals surface area contributed by atoms with Crippen LogP contribution in [0.5, 0.6) is 11.5 Å². The Morgan fingerprint density at radius 1 is 0.938 bits per heavy atom. The van der Waals surface area contributed by atoms with E-state index in [1.807, 2.05) is 0 Å². The maximum absolute atomic E-state index is 11.9. The van der Waals surface area contributed by atoms with Crippen molar-refractivity contribution in [3.8, 4) is 11.5 Å². The van der Waals surface area contributed by atoms with E-state index < -0.39 is 54.5 Å². The van der Waals surface area contributed by atoms with Crippen molar-refractivity contribution in [3.05, 3.63) is 24.3 Å². The van der Waals surface area contributed by atoms with Gasteiger partial charge in [0, 0.05) is 33.8 Å². The Morgan fingerprint density at radius 2 is 1.56 bits per heavy atom. The van der Waals surface area contributed by atoms with Crippen LogP contribution < -0.4 is 14.8 Å². The molecular weight excluding hydrogens is 426 g/mol. The molecule has 0 aliphatic carbocycles. The number of carbonyl (C=O) groups is 4. The van der Waals surface area contributed by atoms with Gasteiger partial charge in [-0.15, -0.1) is 0 Å². The van der Waals surface area contributed by atoms with E-state index in [9.17, 15) is 19.2 Å². The Balaban J connectivity index is 2.45. The normalized spacial score (nSPS) is 24.6. The largest absolute Gasteiger partial charge is 0.497 e. The van der Waals surface area contributed by atoms with Gasteiger partial charge in [-0.05, 0) is 12.1 Å². The highest BCUT2D eigenvalue weighted by atomic mass is 16.7. The van der Waals surface area contributed by atoms with E-state index >= 15 is 0 Å². The first-order valence-corrected chi connectivity index (χ1v) is 9.81. The Kier molecular flexibility index (Phi) is 8.82. The minimum absolute atomic E-state index is 0.310. The van der Waals surface area contributed by atoms with E-state index in [0.29, 0.717) is 11.5 Å². The lowest BCUT2D eigenvalue weighted by atomic mass is 9.96. The highest BCUT2D eigenvalue weighted by Crippen LogP contribution is 2.30. The fourth-order valence-electron chi connectivity index (χ4n) is 3.20. The second-order valence-electron chi connectivity index (χ2n) is 7.02. The van der Waals surface area contributed by atoms with Gasteiger partial charge in [-0.25, -0.2) is 0 Å². The molecule has 1 amide bonds. The summed E-state index contributed by atoms with van der Waals surface area (Å²) in [6.07, 6.45) is -4.61. The van der Waals surface area contributed by atoms with Crippen LogP contribution in [0.1, 0.15) is 27.7 Å². The number of amides is 1. The molecule has 0 unspecified atom stereocenters. The maximum Gasteiger partial charge on any atom is 0.303 e. The molecule has 0 aromatic heterocycles. The van der Waals surface area contributed by atoms with Crippen LogP contribution in [0.3, 0.4) is 0 Å². The lowest BCUT2D eigenvalue weighted by molar-refractivity contribution is -0.257. The monoisotopic (exact) mass is 453 g/mol. The maximum atomic E-state index is 11.9. The summed E-state index contributed by atoms with van der Waals surface area (Å²) in [7, 11) is 1.49. The molecule has 1 aromatic carbocycles. The average Bonchev–Trinajstić information content (AvgIpc) is 2.70. The molecule has 11 heteroatoms. The van der Waals surface area contributed by atoms with E-state index in [-0.39, 0.29) is 6.61 Å². The topological polar surface area (TPSA) is 136 Å². The first kappa shape index (κ1) is 24.9. The van der Waals surface area contributed by atoms with Crippen molar-refractivity contribution in [2.45, 2.75) is 58.3 Å². The first-order valence-electron chi connectivity index (χ1n) is 9.81. The third kappa shape index (κ3) is 7.12. The van der Waals surface area contributed by atoms with Gasteiger partial charge in [-0.1, -0.05) is 6.07 Å². The zero-order valence-electron chi connectivity index (χ0n) is 18.5. The van der Waals surface area contributed by atoms with Gasteiger partial charge in [0.25, 0.3) is 0 Å². The van der Waals surface area contributed by atoms with Crippen LogP contribution in [0.15, 0.2) is 24.3 Å². The summed E-state index contributed by atoms with van der Waals surface area (Å²) in [5.74, 6) is -1.57. The molecule has 176 valence electrons. The molecule has 1 fully saturated rings. The zero-order valence-corrected chi connectivity index (χ0v) is 18.5. The number of ether oxygens (including phenoxy) is 6. The number of hydrogen-bond donors (Lipinski definition) is 1. The van der Waals surface area contributed by atoms with Gasteiger partial charge in [-0.2, -0.15) is 0 Å². The van der Waals surface area contributed by atoms with Crippen molar-refractivity contribution in [1.29, 1.82) is 0 Å². The molecular formula is C21H27NO10. The van der Waals surface area contributed by atoms with Crippen LogP contribution >= 0.6 is 0 Å². The summed E-state index contributed by atoms with van der Waals surface area (Å²) in [6.45, 7) is 4.50. The second kappa shape index (κ2) is 11.3. The lowest BCUT2D eigenvalue weighted by Gasteiger charge is -2.44. The van der Waals surface area contributed by atoms with Crippen LogP contribution in [0.25, 0.3) is 0 Å². The Hall–Kier alpha value is -3.34. The van der Waals surface area contributed by atoms with Crippen molar-refractivity contribution < 1.29 is 47.6 Å². The fraction of sp³-hybridized carbons (Fsp3) is 0.524. The van der Waals surface area contributed by atoms with Gasteiger partial charge < -0.3 is 33.7 Å². The smallest absolute Gasteiger partial charge is 0.303 e. The number of rotatable bonds is 8. The molecule has 0 saturated carbocycles. The second-order valence-corrected chi connectivity index (χ2v) is 7.02. The number of benzene rings is 1. The van der Waals surface area contributed by atoms with E-state index in [0.717, 1.165) is 0 Å². The Morgan fingerprint density at radius 3 is 2.12 bits per heavy atom. The van der Waals surface area contributed by atoms with Crippen LogP contribution in [-0.4, -0.2) is 68.2 Å². The average molecular weight is 453 g/mol. The van der Waals surface area contributed by atoms with Crippen LogP contribution in [0.4, 0.5) is 0 Å². The molecule has 32 heavy (non-hydrogen) atoms. The van der Waals surface area contributed by atoms with Gasteiger partial charge in [0.1, 0.15) is 30.3 Å². The fourth-order valence-corrected chi connectivity index (χ4v) is 3.20. The summed E-state index contributed by atoms with van der Waals surface area (Å²) < 4.78 is 32.8. The zero-order chi connectivity index (χ0) is 23.8. The van der Waals surface area contributed by atoms with E-state index in [2.05, 4.69) is 5.32 Å². The molecule has 1 aliphatic rings. The van der Waals surface area contributed by atoms with Gasteiger partial charge in [0.05, 0.1) is 7.11 Å². The number of nitrogens with one attached hydrogen (secondary N) is 1. The van der Waals surface area contributed by atoms with E-state index in [4.69, 9.17) is 28.4 Å². The van der Waals surface area contributed by atoms with E-state index in [1.54, 1.807) is 24.3 Å². The molecule has 0 radical (unpaired) electrons. The van der Waals surface area contributed by atoms with Crippen molar-refractivity contribution in [3.63, 3.8) is 0 Å². The third-order valence-corrected chi connectivity index (χ3v) is 4.36. The highest BCUT2D eigenvalue weighted by molar-refractivity contribution is 5.73. The van der Waals surface area contributed by atoms with Crippen molar-refractivity contribution in [2.24, 2.45) is 0 Å². The summed E-state index contributed by atoms with van der Waals surface area (Å²) in [4.78, 5) is 46.8. The number of methoxy groups -OCH3 is 1. The van der Waals surface area contributed by atoms with Crippen molar-refractivity contribution in [2.75, 3.05) is 13.7 Å². The molecule has 1 aromatic rings. The van der Waals surface area contributed by atoms with Gasteiger partial charge >= 0.3 is 17.9 Å². The SMILES string of the molecule is COc1cccc(O[C@H]2O[C@@H](COC(C)=O)[C@@H](OC(C)=O)[C@@H](OC(C)=O)[C@@H]2NC(C)=O)c1. The summed E-state index contributed by atoms with van der Waals surface area (Å²) in [5, 5.41) is 2.63. The Labute approximate surface area is 185 Å². The first-order chi connectivity index (χ1) is 15.1. The quantitative estimate of drug-likeness (QED) is 0.443. The number of carbonyl (C=O) groups excluding carboxylic acids is 4. The molecule has 1 N–H and O–H groups in total. The van der Waals surface area contributed by atoms with E-state index in [1.165, 1.54) is 34.8 Å². The van der Waals surface area contributed by atoms with Gasteiger partial charge in [-0.3, -0.25) is 19.2 Å². The Bertz CT molecular complexity index is 842. The summed E-state index contributed by atoms with van der Waals surface area (Å²) in [6, 6.07) is 5.57. The number of hydrogen-bond acceptors (Lipinski definition) is 10. The lowest BCUT2D eigenvalue weighted by Crippen LogP contribution is -2.67. The highest BCUT2D eigenvalue weighted by Gasteiger charge is 2.51. The molecule has 1 aliphatic heterocycles. The van der Waals surface area contributed by atoms with Crippen LogP contribution in [0.2, 0.25) is 0 Å². The minimum Gasteiger partial charge on any atom is -0.497 e. The molecule has 11 nitrogen and oxygen atoms in total. The predicted molar refractivity (Wildman–Crippen MR) is 108 cm³/mol. The third-order valence-electron chi connectivity index (χ3n) is 4.36. The molecule has 0 spiro atoms. The predicted octanol–water partition coefficient (Wildman–Crippen LogP) is 0.730.